The third-order valence-corrected chi connectivity index (χ3v) is 3.74. The molecule has 0 aliphatic carbocycles. The zero-order valence-electron chi connectivity index (χ0n) is 13.8. The van der Waals surface area contributed by atoms with Gasteiger partial charge < -0.3 is 5.32 Å². The van der Waals surface area contributed by atoms with Crippen LogP contribution >= 0.6 is 0 Å². The highest BCUT2D eigenvalue weighted by Crippen LogP contribution is 2.19. The van der Waals surface area contributed by atoms with Gasteiger partial charge in [-0.2, -0.15) is 0 Å². The van der Waals surface area contributed by atoms with E-state index in [0.29, 0.717) is 11.3 Å². The average Bonchev–Trinajstić information content (AvgIpc) is 3.02. The molecule has 0 bridgehead atoms. The number of nitrogens with zero attached hydrogens (tertiary/aromatic N) is 1. The number of aryl methyl sites for hydroxylation is 1. The minimum absolute atomic E-state index is 0.0343. The number of guanidine groups is 1. The number of rotatable bonds is 3. The van der Waals surface area contributed by atoms with Crippen molar-refractivity contribution in [2.45, 2.75) is 6.92 Å². The van der Waals surface area contributed by atoms with Gasteiger partial charge in [0.05, 0.1) is 5.56 Å². The molecule has 0 fully saturated rings. The molecule has 1 aliphatic rings. The molecule has 0 saturated carbocycles. The number of halogens is 1. The molecule has 8 heteroatoms. The monoisotopic (exact) mass is 354 g/mol. The zero-order valence-corrected chi connectivity index (χ0v) is 13.8. The lowest BCUT2D eigenvalue weighted by Gasteiger charge is -2.11. The molecule has 132 valence electrons. The molecular weight excluding hydrogens is 339 g/mol. The molecule has 0 radical (unpaired) electrons. The maximum Gasteiger partial charge on any atom is 0.258 e. The summed E-state index contributed by atoms with van der Waals surface area (Å²) in [5, 5.41) is 7.49. The van der Waals surface area contributed by atoms with E-state index in [4.69, 9.17) is 0 Å². The number of amides is 3. The van der Waals surface area contributed by atoms with E-state index in [0.717, 1.165) is 0 Å². The summed E-state index contributed by atoms with van der Waals surface area (Å²) in [5.41, 5.74) is 1.24. The largest absolute Gasteiger partial charge is 0.322 e. The van der Waals surface area contributed by atoms with Crippen molar-refractivity contribution in [2.75, 3.05) is 11.9 Å². The van der Waals surface area contributed by atoms with Gasteiger partial charge in [-0.1, -0.05) is 18.2 Å². The maximum absolute atomic E-state index is 13.7. The second kappa shape index (κ2) is 7.14. The smallest absolute Gasteiger partial charge is 0.258 e. The lowest BCUT2D eigenvalue weighted by Crippen LogP contribution is -2.40. The average molecular weight is 354 g/mol. The van der Waals surface area contributed by atoms with Crippen LogP contribution in [-0.4, -0.2) is 30.2 Å². The fraction of sp³-hybridized carbons (Fsp3) is 0.111. The van der Waals surface area contributed by atoms with Gasteiger partial charge in [0, 0.05) is 11.3 Å². The third-order valence-electron chi connectivity index (χ3n) is 3.74. The van der Waals surface area contributed by atoms with Crippen molar-refractivity contribution in [2.24, 2.45) is 4.99 Å². The van der Waals surface area contributed by atoms with Crippen molar-refractivity contribution in [1.29, 1.82) is 0 Å². The van der Waals surface area contributed by atoms with Crippen molar-refractivity contribution >= 4 is 29.4 Å². The van der Waals surface area contributed by atoms with Gasteiger partial charge in [-0.05, 0) is 36.8 Å². The number of carbonyl (C=O) groups is 3. The van der Waals surface area contributed by atoms with Crippen LogP contribution in [0.3, 0.4) is 0 Å². The van der Waals surface area contributed by atoms with Crippen LogP contribution in [0.15, 0.2) is 47.5 Å². The summed E-state index contributed by atoms with van der Waals surface area (Å²) in [4.78, 5) is 39.5. The van der Waals surface area contributed by atoms with Crippen LogP contribution in [0.5, 0.6) is 0 Å². The number of carbonyl (C=O) groups excluding carboxylic acids is 3. The Morgan fingerprint density at radius 1 is 1.12 bits per heavy atom. The first-order valence-electron chi connectivity index (χ1n) is 7.76. The summed E-state index contributed by atoms with van der Waals surface area (Å²) in [6, 6.07) is 10.3. The van der Waals surface area contributed by atoms with Crippen molar-refractivity contribution in [3.05, 3.63) is 65.0 Å². The highest BCUT2D eigenvalue weighted by molar-refractivity contribution is 6.13. The lowest BCUT2D eigenvalue weighted by atomic mass is 10.1. The van der Waals surface area contributed by atoms with Gasteiger partial charge in [0.2, 0.25) is 11.9 Å². The summed E-state index contributed by atoms with van der Waals surface area (Å²) in [6.45, 7) is 1.72. The first kappa shape index (κ1) is 17.3. The fourth-order valence-corrected chi connectivity index (χ4v) is 2.35. The van der Waals surface area contributed by atoms with Gasteiger partial charge in [0.1, 0.15) is 12.4 Å². The normalized spacial score (nSPS) is 13.0. The molecule has 0 saturated heterocycles. The summed E-state index contributed by atoms with van der Waals surface area (Å²) in [5.74, 6) is -1.96. The third kappa shape index (κ3) is 3.75. The molecule has 3 N–H and O–H groups in total. The Kier molecular flexibility index (Phi) is 4.74. The van der Waals surface area contributed by atoms with Crippen LogP contribution in [0.1, 0.15) is 26.3 Å². The van der Waals surface area contributed by atoms with Gasteiger partial charge in [-0.25, -0.2) is 9.38 Å². The van der Waals surface area contributed by atoms with Crippen molar-refractivity contribution in [1.82, 2.24) is 10.6 Å². The standard InChI is InChI=1S/C18H15FN4O3/c1-10-6-7-11(16(25)23-18-20-9-15(24)22-18)8-14(10)21-17(26)12-4-2-3-5-13(12)19/h2-8H,9H2,1H3,(H,21,26)(H2,20,22,23,24,25). The van der Waals surface area contributed by atoms with Crippen LogP contribution in [-0.2, 0) is 4.79 Å². The van der Waals surface area contributed by atoms with Crippen LogP contribution in [0.25, 0.3) is 0 Å². The van der Waals surface area contributed by atoms with E-state index in [9.17, 15) is 18.8 Å². The van der Waals surface area contributed by atoms with E-state index in [1.807, 2.05) is 0 Å². The van der Waals surface area contributed by atoms with E-state index < -0.39 is 17.6 Å². The Bertz CT molecular complexity index is 940. The van der Waals surface area contributed by atoms with Gasteiger partial charge in [0.15, 0.2) is 0 Å². The first-order chi connectivity index (χ1) is 12.4. The van der Waals surface area contributed by atoms with Gasteiger partial charge in [-0.3, -0.25) is 25.0 Å². The highest BCUT2D eigenvalue weighted by atomic mass is 19.1. The maximum atomic E-state index is 13.7. The minimum atomic E-state index is -0.633. The summed E-state index contributed by atoms with van der Waals surface area (Å²) in [7, 11) is 0. The summed E-state index contributed by atoms with van der Waals surface area (Å²) >= 11 is 0. The molecule has 0 spiro atoms. The molecule has 1 aliphatic heterocycles. The Morgan fingerprint density at radius 2 is 1.88 bits per heavy atom. The first-order valence-corrected chi connectivity index (χ1v) is 7.76. The topological polar surface area (TPSA) is 99.7 Å². The van der Waals surface area contributed by atoms with E-state index in [1.165, 1.54) is 24.3 Å². The number of anilines is 1. The van der Waals surface area contributed by atoms with Crippen LogP contribution in [0, 0.1) is 12.7 Å². The Balaban J connectivity index is 1.77. The number of hydrogen-bond donors (Lipinski definition) is 3. The molecule has 26 heavy (non-hydrogen) atoms. The second-order valence-electron chi connectivity index (χ2n) is 5.63. The fourth-order valence-electron chi connectivity index (χ4n) is 2.35. The Morgan fingerprint density at radius 3 is 2.58 bits per heavy atom. The van der Waals surface area contributed by atoms with E-state index in [2.05, 4.69) is 20.9 Å². The molecule has 1 heterocycles. The summed E-state index contributed by atoms with van der Waals surface area (Å²) < 4.78 is 13.7. The Hall–Kier alpha value is -3.55. The van der Waals surface area contributed by atoms with E-state index >= 15 is 0 Å². The molecule has 0 atom stereocenters. The number of hydrogen-bond acceptors (Lipinski definition) is 4. The predicted molar refractivity (Wildman–Crippen MR) is 93.4 cm³/mol. The molecule has 0 unspecified atom stereocenters. The SMILES string of the molecule is Cc1ccc(C(=O)NC2=NCC(=O)N2)cc1NC(=O)c1ccccc1F. The van der Waals surface area contributed by atoms with Crippen molar-refractivity contribution in [3.8, 4) is 0 Å². The highest BCUT2D eigenvalue weighted by Gasteiger charge is 2.18. The molecule has 0 aromatic heterocycles. The van der Waals surface area contributed by atoms with Crippen molar-refractivity contribution in [3.63, 3.8) is 0 Å². The van der Waals surface area contributed by atoms with Gasteiger partial charge >= 0.3 is 0 Å². The zero-order chi connectivity index (χ0) is 18.7. The van der Waals surface area contributed by atoms with E-state index in [1.54, 1.807) is 25.1 Å². The quantitative estimate of drug-likeness (QED) is 0.781. The molecular formula is C18H15FN4O3. The molecule has 2 aromatic rings. The van der Waals surface area contributed by atoms with Crippen LogP contribution in [0.4, 0.5) is 10.1 Å². The second-order valence-corrected chi connectivity index (χ2v) is 5.63. The van der Waals surface area contributed by atoms with Crippen molar-refractivity contribution < 1.29 is 18.8 Å². The minimum Gasteiger partial charge on any atom is -0.322 e. The number of aliphatic imine (C=N–C) groups is 1. The molecule has 3 amide bonds. The number of nitrogens with one attached hydrogen (secondary N) is 3. The molecule has 7 nitrogen and oxygen atoms in total. The summed E-state index contributed by atoms with van der Waals surface area (Å²) in [6.07, 6.45) is 0. The molecule has 2 aromatic carbocycles. The Labute approximate surface area is 148 Å². The van der Waals surface area contributed by atoms with Crippen LogP contribution in [0.2, 0.25) is 0 Å². The van der Waals surface area contributed by atoms with E-state index in [-0.39, 0.29) is 29.5 Å². The van der Waals surface area contributed by atoms with Gasteiger partial charge in [-0.15, -0.1) is 0 Å². The van der Waals surface area contributed by atoms with Gasteiger partial charge in [0.25, 0.3) is 11.8 Å². The lowest BCUT2D eigenvalue weighted by molar-refractivity contribution is -0.117. The predicted octanol–water partition coefficient (Wildman–Crippen LogP) is 1.60. The van der Waals surface area contributed by atoms with Crippen LogP contribution < -0.4 is 16.0 Å². The molecule has 3 rings (SSSR count). The number of benzene rings is 2.